The molecule has 3 nitrogen and oxygen atoms in total. The van der Waals surface area contributed by atoms with E-state index >= 15 is 0 Å². The summed E-state index contributed by atoms with van der Waals surface area (Å²) >= 11 is 0. The second-order valence-electron chi connectivity index (χ2n) is 5.56. The highest BCUT2D eigenvalue weighted by atomic mass is 19.2. The Morgan fingerprint density at radius 2 is 2.16 bits per heavy atom. The van der Waals surface area contributed by atoms with Gasteiger partial charge in [-0.3, -0.25) is 4.90 Å². The number of morpholine rings is 1. The molecule has 2 rings (SSSR count). The van der Waals surface area contributed by atoms with Crippen molar-refractivity contribution in [3.63, 3.8) is 0 Å². The number of hydrogen-bond donors (Lipinski definition) is 1. The molecular weight excluding hydrogens is 252 g/mol. The Kier molecular flexibility index (Phi) is 4.18. The standard InChI is InChI=1S/C14H19F2NO2/c1-14(2)9-17(7-11(8-18)19-14)6-10-4-3-5-12(15)13(10)16/h3-5,11,18H,6-9H2,1-2H3. The third-order valence-electron chi connectivity index (χ3n) is 3.18. The van der Waals surface area contributed by atoms with Gasteiger partial charge in [-0.1, -0.05) is 12.1 Å². The quantitative estimate of drug-likeness (QED) is 0.912. The van der Waals surface area contributed by atoms with Gasteiger partial charge >= 0.3 is 0 Å². The molecule has 0 saturated carbocycles. The highest BCUT2D eigenvalue weighted by Gasteiger charge is 2.33. The normalized spacial score (nSPS) is 23.5. The highest BCUT2D eigenvalue weighted by Crippen LogP contribution is 2.23. The van der Waals surface area contributed by atoms with Crippen LogP contribution in [-0.4, -0.2) is 41.4 Å². The highest BCUT2D eigenvalue weighted by molar-refractivity contribution is 5.19. The Hall–Kier alpha value is -1.04. The molecule has 1 heterocycles. The van der Waals surface area contributed by atoms with E-state index in [0.717, 1.165) is 6.07 Å². The number of aliphatic hydroxyl groups is 1. The summed E-state index contributed by atoms with van der Waals surface area (Å²) in [5.74, 6) is -1.63. The van der Waals surface area contributed by atoms with E-state index in [0.29, 0.717) is 25.2 Å². The molecule has 5 heteroatoms. The zero-order valence-corrected chi connectivity index (χ0v) is 11.2. The van der Waals surface area contributed by atoms with E-state index in [9.17, 15) is 13.9 Å². The van der Waals surface area contributed by atoms with Crippen LogP contribution in [0, 0.1) is 11.6 Å². The van der Waals surface area contributed by atoms with Crippen molar-refractivity contribution in [3.05, 3.63) is 35.4 Å². The van der Waals surface area contributed by atoms with E-state index in [1.54, 1.807) is 6.07 Å². The Bertz CT molecular complexity index is 451. The fourth-order valence-electron chi connectivity index (χ4n) is 2.54. The molecule has 0 amide bonds. The first kappa shape index (κ1) is 14.4. The van der Waals surface area contributed by atoms with Gasteiger partial charge in [-0.2, -0.15) is 0 Å². The summed E-state index contributed by atoms with van der Waals surface area (Å²) in [4.78, 5) is 1.97. The van der Waals surface area contributed by atoms with Crippen LogP contribution in [-0.2, 0) is 11.3 Å². The number of ether oxygens (including phenoxy) is 1. The van der Waals surface area contributed by atoms with Gasteiger partial charge in [-0.15, -0.1) is 0 Å². The number of hydrogen-bond acceptors (Lipinski definition) is 3. The molecule has 1 aliphatic heterocycles. The average molecular weight is 271 g/mol. The van der Waals surface area contributed by atoms with Crippen molar-refractivity contribution in [1.29, 1.82) is 0 Å². The van der Waals surface area contributed by atoms with Crippen molar-refractivity contribution in [2.24, 2.45) is 0 Å². The molecule has 1 N–H and O–H groups in total. The number of aliphatic hydroxyl groups excluding tert-OH is 1. The van der Waals surface area contributed by atoms with E-state index in [-0.39, 0.29) is 12.7 Å². The van der Waals surface area contributed by atoms with Gasteiger partial charge < -0.3 is 9.84 Å². The zero-order chi connectivity index (χ0) is 14.0. The molecular formula is C14H19F2NO2. The van der Waals surface area contributed by atoms with Crippen LogP contribution in [0.3, 0.4) is 0 Å². The molecule has 0 spiro atoms. The van der Waals surface area contributed by atoms with Gasteiger partial charge in [0.2, 0.25) is 0 Å². The number of benzene rings is 1. The average Bonchev–Trinajstić information content (AvgIpc) is 2.33. The fourth-order valence-corrected chi connectivity index (χ4v) is 2.54. The molecule has 106 valence electrons. The molecule has 0 aromatic heterocycles. The van der Waals surface area contributed by atoms with Crippen LogP contribution in [0.25, 0.3) is 0 Å². The van der Waals surface area contributed by atoms with Crippen molar-refractivity contribution < 1.29 is 18.6 Å². The summed E-state index contributed by atoms with van der Waals surface area (Å²) in [6.45, 7) is 5.20. The molecule has 1 fully saturated rings. The van der Waals surface area contributed by atoms with Gasteiger partial charge in [-0.05, 0) is 19.9 Å². The molecule has 1 aromatic rings. The molecule has 1 atom stereocenters. The zero-order valence-electron chi connectivity index (χ0n) is 11.2. The molecule has 1 aliphatic rings. The van der Waals surface area contributed by atoms with E-state index in [2.05, 4.69) is 0 Å². The summed E-state index contributed by atoms with van der Waals surface area (Å²) in [5, 5.41) is 9.22. The maximum Gasteiger partial charge on any atom is 0.163 e. The van der Waals surface area contributed by atoms with Gasteiger partial charge in [0.15, 0.2) is 11.6 Å². The van der Waals surface area contributed by atoms with Crippen molar-refractivity contribution >= 4 is 0 Å². The number of halogens is 2. The van der Waals surface area contributed by atoms with Crippen LogP contribution >= 0.6 is 0 Å². The maximum atomic E-state index is 13.6. The second kappa shape index (κ2) is 5.53. The third kappa shape index (κ3) is 3.49. The lowest BCUT2D eigenvalue weighted by atomic mass is 10.0. The monoisotopic (exact) mass is 271 g/mol. The van der Waals surface area contributed by atoms with Crippen molar-refractivity contribution in [2.75, 3.05) is 19.7 Å². The Morgan fingerprint density at radius 1 is 1.42 bits per heavy atom. The topological polar surface area (TPSA) is 32.7 Å². The lowest BCUT2D eigenvalue weighted by molar-refractivity contribution is -0.150. The van der Waals surface area contributed by atoms with Gasteiger partial charge in [0.1, 0.15) is 0 Å². The molecule has 1 saturated heterocycles. The molecule has 0 radical (unpaired) electrons. The summed E-state index contributed by atoms with van der Waals surface area (Å²) in [5.41, 5.74) is -0.0792. The van der Waals surface area contributed by atoms with Crippen molar-refractivity contribution in [2.45, 2.75) is 32.1 Å². The molecule has 0 aliphatic carbocycles. The number of nitrogens with zero attached hydrogens (tertiary/aromatic N) is 1. The van der Waals surface area contributed by atoms with E-state index in [1.807, 2.05) is 18.7 Å². The minimum absolute atomic E-state index is 0.0778. The van der Waals surface area contributed by atoms with E-state index < -0.39 is 17.2 Å². The Labute approximate surface area is 111 Å². The van der Waals surface area contributed by atoms with Crippen LogP contribution in [0.5, 0.6) is 0 Å². The first-order valence-corrected chi connectivity index (χ1v) is 6.35. The largest absolute Gasteiger partial charge is 0.394 e. The molecule has 0 bridgehead atoms. The third-order valence-corrected chi connectivity index (χ3v) is 3.18. The van der Waals surface area contributed by atoms with Crippen molar-refractivity contribution in [1.82, 2.24) is 4.90 Å². The van der Waals surface area contributed by atoms with Crippen LogP contribution in [0.1, 0.15) is 19.4 Å². The van der Waals surface area contributed by atoms with Gasteiger partial charge in [0.25, 0.3) is 0 Å². The smallest absolute Gasteiger partial charge is 0.163 e. The fraction of sp³-hybridized carbons (Fsp3) is 0.571. The first-order chi connectivity index (χ1) is 8.91. The Balaban J connectivity index is 2.11. The minimum Gasteiger partial charge on any atom is -0.394 e. The van der Waals surface area contributed by atoms with Crippen LogP contribution in [0.2, 0.25) is 0 Å². The molecule has 1 aromatic carbocycles. The predicted molar refractivity (Wildman–Crippen MR) is 67.7 cm³/mol. The maximum absolute atomic E-state index is 13.6. The lowest BCUT2D eigenvalue weighted by Gasteiger charge is -2.42. The lowest BCUT2D eigenvalue weighted by Crippen LogP contribution is -2.53. The van der Waals surface area contributed by atoms with Crippen LogP contribution in [0.15, 0.2) is 18.2 Å². The van der Waals surface area contributed by atoms with Gasteiger partial charge in [0.05, 0.1) is 18.3 Å². The summed E-state index contributed by atoms with van der Waals surface area (Å²) in [6.07, 6.45) is -0.291. The van der Waals surface area contributed by atoms with Gasteiger partial charge in [-0.25, -0.2) is 8.78 Å². The van der Waals surface area contributed by atoms with E-state index in [1.165, 1.54) is 6.07 Å². The second-order valence-corrected chi connectivity index (χ2v) is 5.56. The van der Waals surface area contributed by atoms with Gasteiger partial charge in [0, 0.05) is 25.2 Å². The first-order valence-electron chi connectivity index (χ1n) is 6.35. The van der Waals surface area contributed by atoms with Crippen LogP contribution < -0.4 is 0 Å². The minimum atomic E-state index is -0.830. The summed E-state index contributed by atoms with van der Waals surface area (Å²) in [6, 6.07) is 4.19. The van der Waals surface area contributed by atoms with Crippen molar-refractivity contribution in [3.8, 4) is 0 Å². The molecule has 19 heavy (non-hydrogen) atoms. The van der Waals surface area contributed by atoms with E-state index in [4.69, 9.17) is 4.74 Å². The summed E-state index contributed by atoms with van der Waals surface area (Å²) < 4.78 is 32.5. The SMILES string of the molecule is CC1(C)CN(Cc2cccc(F)c2F)CC(CO)O1. The molecule has 1 unspecified atom stereocenters. The predicted octanol–water partition coefficient (Wildman–Crippen LogP) is 1.94. The summed E-state index contributed by atoms with van der Waals surface area (Å²) in [7, 11) is 0. The number of rotatable bonds is 3. The Morgan fingerprint density at radius 3 is 2.84 bits per heavy atom. The van der Waals surface area contributed by atoms with Crippen LogP contribution in [0.4, 0.5) is 8.78 Å².